The van der Waals surface area contributed by atoms with Gasteiger partial charge in [0, 0.05) is 6.54 Å². The summed E-state index contributed by atoms with van der Waals surface area (Å²) in [4.78, 5) is 11.7. The fraction of sp³-hybridized carbons (Fsp3) is 0.462. The molecule has 0 radical (unpaired) electrons. The first-order valence-electron chi connectivity index (χ1n) is 6.02. The van der Waals surface area contributed by atoms with E-state index in [2.05, 4.69) is 5.32 Å². The smallest absolute Gasteiger partial charge is 0.235 e. The van der Waals surface area contributed by atoms with E-state index >= 15 is 0 Å². The molecule has 0 heterocycles. The third-order valence-corrected chi connectivity index (χ3v) is 4.19. The Kier molecular flexibility index (Phi) is 5.34. The van der Waals surface area contributed by atoms with Gasteiger partial charge >= 0.3 is 0 Å². The molecule has 0 unspecified atom stereocenters. The molecule has 1 aromatic carbocycles. The second-order valence-corrected chi connectivity index (χ2v) is 6.27. The molecule has 1 rings (SSSR count). The summed E-state index contributed by atoms with van der Waals surface area (Å²) in [5, 5.41) is 2.60. The molecule has 0 aliphatic rings. The molecule has 18 heavy (non-hydrogen) atoms. The molecule has 0 aromatic heterocycles. The normalized spacial score (nSPS) is 11.2. The molecule has 1 N–H and O–H groups in total. The van der Waals surface area contributed by atoms with Crippen LogP contribution in [0.25, 0.3) is 0 Å². The lowest BCUT2D eigenvalue weighted by Gasteiger charge is -2.06. The van der Waals surface area contributed by atoms with Crippen LogP contribution in [-0.4, -0.2) is 26.6 Å². The Hall–Kier alpha value is -1.36. The van der Waals surface area contributed by atoms with E-state index in [4.69, 9.17) is 0 Å². The summed E-state index contributed by atoms with van der Waals surface area (Å²) in [5.74, 6) is -0.927. The Balaban J connectivity index is 2.64. The summed E-state index contributed by atoms with van der Waals surface area (Å²) in [6.45, 7) is 4.42. The number of carbonyl (C=O) groups is 1. The minimum absolute atomic E-state index is 0.193. The molecular formula is C13H19NO3S. The summed E-state index contributed by atoms with van der Waals surface area (Å²) in [7, 11) is -3.53. The Morgan fingerprint density at radius 2 is 1.83 bits per heavy atom. The van der Waals surface area contributed by atoms with Gasteiger partial charge in [-0.3, -0.25) is 4.79 Å². The van der Waals surface area contributed by atoms with Crippen LogP contribution in [0.4, 0.5) is 0 Å². The SMILES string of the molecule is CCCCNC(=O)CS(=O)(=O)c1ccc(C)cc1. The number of aryl methyl sites for hydroxylation is 1. The first kappa shape index (κ1) is 14.7. The largest absolute Gasteiger partial charge is 0.355 e. The van der Waals surface area contributed by atoms with Crippen molar-refractivity contribution in [3.8, 4) is 0 Å². The van der Waals surface area contributed by atoms with Crippen molar-refractivity contribution in [3.05, 3.63) is 29.8 Å². The number of nitrogens with one attached hydrogen (secondary N) is 1. The van der Waals surface area contributed by atoms with E-state index in [9.17, 15) is 13.2 Å². The number of hydrogen-bond donors (Lipinski definition) is 1. The monoisotopic (exact) mass is 269 g/mol. The summed E-state index contributed by atoms with van der Waals surface area (Å²) in [5.41, 5.74) is 0.987. The molecule has 0 spiro atoms. The highest BCUT2D eigenvalue weighted by Gasteiger charge is 2.18. The highest BCUT2D eigenvalue weighted by molar-refractivity contribution is 7.92. The van der Waals surface area contributed by atoms with Crippen molar-refractivity contribution in [3.63, 3.8) is 0 Å². The molecule has 100 valence electrons. The van der Waals surface area contributed by atoms with Gasteiger partial charge in [-0.25, -0.2) is 8.42 Å². The zero-order valence-electron chi connectivity index (χ0n) is 10.8. The van der Waals surface area contributed by atoms with Crippen molar-refractivity contribution < 1.29 is 13.2 Å². The lowest BCUT2D eigenvalue weighted by Crippen LogP contribution is -2.31. The summed E-state index contributed by atoms with van der Waals surface area (Å²) < 4.78 is 23.9. The van der Waals surface area contributed by atoms with Gasteiger partial charge in [0.05, 0.1) is 4.90 Å². The van der Waals surface area contributed by atoms with Crippen LogP contribution in [0.2, 0.25) is 0 Å². The Labute approximate surface area is 108 Å². The van der Waals surface area contributed by atoms with Gasteiger partial charge in [0.2, 0.25) is 5.91 Å². The van der Waals surface area contributed by atoms with Crippen molar-refractivity contribution in [2.24, 2.45) is 0 Å². The third-order valence-electron chi connectivity index (χ3n) is 2.55. The van der Waals surface area contributed by atoms with E-state index < -0.39 is 21.5 Å². The van der Waals surface area contributed by atoms with Gasteiger partial charge < -0.3 is 5.32 Å². The number of carbonyl (C=O) groups excluding carboxylic acids is 1. The molecule has 0 saturated heterocycles. The fourth-order valence-corrected chi connectivity index (χ4v) is 2.62. The molecule has 0 saturated carbocycles. The van der Waals surface area contributed by atoms with Crippen LogP contribution in [0.5, 0.6) is 0 Å². The van der Waals surface area contributed by atoms with Crippen molar-refractivity contribution in [2.45, 2.75) is 31.6 Å². The van der Waals surface area contributed by atoms with Crippen LogP contribution < -0.4 is 5.32 Å². The van der Waals surface area contributed by atoms with Crippen molar-refractivity contribution in [1.82, 2.24) is 5.32 Å². The molecule has 1 amide bonds. The Bertz CT molecular complexity index is 491. The summed E-state index contributed by atoms with van der Waals surface area (Å²) in [6, 6.07) is 6.51. The Morgan fingerprint density at radius 1 is 1.22 bits per heavy atom. The first-order chi connectivity index (χ1) is 8.45. The second kappa shape index (κ2) is 6.54. The maximum atomic E-state index is 11.9. The van der Waals surface area contributed by atoms with Crippen molar-refractivity contribution in [1.29, 1.82) is 0 Å². The van der Waals surface area contributed by atoms with Gasteiger partial charge in [-0.15, -0.1) is 0 Å². The molecule has 5 heteroatoms. The minimum Gasteiger partial charge on any atom is -0.355 e. The summed E-state index contributed by atoms with van der Waals surface area (Å²) >= 11 is 0. The predicted molar refractivity (Wildman–Crippen MR) is 71.1 cm³/mol. The van der Waals surface area contributed by atoms with Crippen LogP contribution in [0.1, 0.15) is 25.3 Å². The van der Waals surface area contributed by atoms with Gasteiger partial charge in [-0.1, -0.05) is 31.0 Å². The molecule has 0 aliphatic carbocycles. The van der Waals surface area contributed by atoms with E-state index in [1.165, 1.54) is 12.1 Å². The lowest BCUT2D eigenvalue weighted by atomic mass is 10.2. The van der Waals surface area contributed by atoms with Crippen LogP contribution in [0.3, 0.4) is 0 Å². The minimum atomic E-state index is -3.53. The zero-order valence-corrected chi connectivity index (χ0v) is 11.6. The van der Waals surface area contributed by atoms with Crippen molar-refractivity contribution in [2.75, 3.05) is 12.3 Å². The van der Waals surface area contributed by atoms with Gasteiger partial charge in [0.1, 0.15) is 5.75 Å². The number of unbranched alkanes of at least 4 members (excludes halogenated alkanes) is 1. The standard InChI is InChI=1S/C13H19NO3S/c1-3-4-9-14-13(15)10-18(16,17)12-7-5-11(2)6-8-12/h5-8H,3-4,9-10H2,1-2H3,(H,14,15). The first-order valence-corrected chi connectivity index (χ1v) is 7.67. The zero-order chi connectivity index (χ0) is 13.6. The number of benzene rings is 1. The maximum Gasteiger partial charge on any atom is 0.235 e. The van der Waals surface area contributed by atoms with Gasteiger partial charge in [-0.05, 0) is 25.5 Å². The molecule has 4 nitrogen and oxygen atoms in total. The predicted octanol–water partition coefficient (Wildman–Crippen LogP) is 1.69. The fourth-order valence-electron chi connectivity index (χ4n) is 1.46. The van der Waals surface area contributed by atoms with E-state index in [1.807, 2.05) is 13.8 Å². The van der Waals surface area contributed by atoms with Gasteiger partial charge in [-0.2, -0.15) is 0 Å². The topological polar surface area (TPSA) is 63.2 Å². The number of sulfone groups is 1. The van der Waals surface area contributed by atoms with Crippen LogP contribution in [0, 0.1) is 6.92 Å². The number of hydrogen-bond acceptors (Lipinski definition) is 3. The second-order valence-electron chi connectivity index (χ2n) is 4.28. The van der Waals surface area contributed by atoms with E-state index in [0.29, 0.717) is 6.54 Å². The average molecular weight is 269 g/mol. The molecule has 0 bridgehead atoms. The maximum absolute atomic E-state index is 11.9. The van der Waals surface area contributed by atoms with Gasteiger partial charge in [0.15, 0.2) is 9.84 Å². The third kappa shape index (κ3) is 4.49. The Morgan fingerprint density at radius 3 is 2.39 bits per heavy atom. The quantitative estimate of drug-likeness (QED) is 0.799. The molecule has 0 aliphatic heterocycles. The average Bonchev–Trinajstić information content (AvgIpc) is 2.29. The lowest BCUT2D eigenvalue weighted by molar-refractivity contribution is -0.118. The van der Waals surface area contributed by atoms with Gasteiger partial charge in [0.25, 0.3) is 0 Å². The number of amides is 1. The van der Waals surface area contributed by atoms with E-state index in [0.717, 1.165) is 18.4 Å². The molecule has 1 aromatic rings. The highest BCUT2D eigenvalue weighted by atomic mass is 32.2. The molecule has 0 atom stereocenters. The van der Waals surface area contributed by atoms with E-state index in [-0.39, 0.29) is 4.90 Å². The highest BCUT2D eigenvalue weighted by Crippen LogP contribution is 2.11. The van der Waals surface area contributed by atoms with Crippen LogP contribution in [-0.2, 0) is 14.6 Å². The van der Waals surface area contributed by atoms with Crippen molar-refractivity contribution >= 4 is 15.7 Å². The van der Waals surface area contributed by atoms with Crippen LogP contribution >= 0.6 is 0 Å². The van der Waals surface area contributed by atoms with Crippen LogP contribution in [0.15, 0.2) is 29.2 Å². The van der Waals surface area contributed by atoms with E-state index in [1.54, 1.807) is 12.1 Å². The number of rotatable bonds is 6. The molecular weight excluding hydrogens is 250 g/mol. The molecule has 0 fully saturated rings. The summed E-state index contributed by atoms with van der Waals surface area (Å²) in [6.07, 6.45) is 1.82.